The number of ether oxygens (including phenoxy) is 2. The molecular formula is C44H41N3O8Si. The van der Waals surface area contributed by atoms with Crippen molar-refractivity contribution in [2.45, 2.75) is 71.3 Å². The molecule has 2 amide bonds. The van der Waals surface area contributed by atoms with Crippen molar-refractivity contribution in [3.05, 3.63) is 130 Å². The number of aryl methyl sites for hydroxylation is 1. The highest BCUT2D eigenvalue weighted by atomic mass is 28.4. The molecule has 3 aliphatic heterocycles. The molecule has 1 atom stereocenters. The minimum Gasteiger partial charge on any atom is -0.534 e. The predicted molar refractivity (Wildman–Crippen MR) is 212 cm³/mol. The van der Waals surface area contributed by atoms with E-state index in [4.69, 9.17) is 18.9 Å². The van der Waals surface area contributed by atoms with Crippen molar-refractivity contribution in [1.29, 1.82) is 0 Å². The Kier molecular flexibility index (Phi) is 8.91. The normalized spacial score (nSPS) is 17.4. The smallest absolute Gasteiger partial charge is 0.355 e. The quantitative estimate of drug-likeness (QED) is 0.113. The van der Waals surface area contributed by atoms with E-state index in [0.29, 0.717) is 17.8 Å². The van der Waals surface area contributed by atoms with Gasteiger partial charge < -0.3 is 18.5 Å². The molecule has 0 fully saturated rings. The molecule has 0 saturated carbocycles. The zero-order valence-electron chi connectivity index (χ0n) is 31.9. The van der Waals surface area contributed by atoms with Gasteiger partial charge in [-0.3, -0.25) is 24.1 Å². The molecule has 8 rings (SSSR count). The molecule has 2 aromatic heterocycles. The van der Waals surface area contributed by atoms with Crippen molar-refractivity contribution in [1.82, 2.24) is 14.5 Å². The molecule has 0 N–H and O–H groups in total. The second-order valence-corrected chi connectivity index (χ2v) is 19.6. The van der Waals surface area contributed by atoms with Gasteiger partial charge in [0.1, 0.15) is 18.9 Å². The number of amides is 2. The number of hydrogen-bond acceptors (Lipinski definition) is 9. The minimum absolute atomic E-state index is 0.0556. The van der Waals surface area contributed by atoms with Gasteiger partial charge >= 0.3 is 20.3 Å². The Bertz CT molecular complexity index is 2500. The Morgan fingerprint density at radius 3 is 2.11 bits per heavy atom. The third-order valence-corrected chi connectivity index (χ3v) is 16.2. The largest absolute Gasteiger partial charge is 0.534 e. The average molecular weight is 768 g/mol. The number of carbonyl (C=O) groups is 4. The van der Waals surface area contributed by atoms with E-state index < -0.39 is 44.2 Å². The van der Waals surface area contributed by atoms with Crippen LogP contribution in [0.15, 0.2) is 102 Å². The first-order chi connectivity index (χ1) is 26.8. The molecule has 11 nitrogen and oxygen atoms in total. The number of aromatic nitrogens is 2. The molecule has 12 heteroatoms. The van der Waals surface area contributed by atoms with E-state index in [1.807, 2.05) is 24.3 Å². The molecule has 56 heavy (non-hydrogen) atoms. The highest BCUT2D eigenvalue weighted by Crippen LogP contribution is 2.43. The van der Waals surface area contributed by atoms with Crippen molar-refractivity contribution in [2.75, 3.05) is 6.54 Å². The van der Waals surface area contributed by atoms with Crippen LogP contribution in [0.3, 0.4) is 0 Å². The van der Waals surface area contributed by atoms with Crippen molar-refractivity contribution in [2.24, 2.45) is 0 Å². The van der Waals surface area contributed by atoms with Gasteiger partial charge in [0.05, 0.1) is 29.0 Å². The van der Waals surface area contributed by atoms with Gasteiger partial charge in [-0.25, -0.2) is 9.78 Å². The molecule has 0 bridgehead atoms. The average Bonchev–Trinajstić information content (AvgIpc) is 3.72. The van der Waals surface area contributed by atoms with Crippen LogP contribution in [0.1, 0.15) is 63.3 Å². The number of cyclic esters (lactones) is 1. The molecule has 3 aromatic carbocycles. The highest BCUT2D eigenvalue weighted by molar-refractivity contribution is 7.00. The highest BCUT2D eigenvalue weighted by Gasteiger charge is 2.53. The SMILES string of the molecule is CCc1c2c(nc3ccc(O[Si](c4ccccc4)(c4ccccc4)C(C)(C)C)cc13)-c1cc3c(c(=O)n1C2)COC(=O)[C@@]3(CC)OC(=O)CN1C(=O)C=CC1=O. The lowest BCUT2D eigenvalue weighted by Gasteiger charge is -2.43. The van der Waals surface area contributed by atoms with E-state index in [0.717, 1.165) is 55.2 Å². The summed E-state index contributed by atoms with van der Waals surface area (Å²) in [4.78, 5) is 71.2. The standard InChI is InChI=1S/C44H41N3O8Si/c1-6-30-31-22-27(55-56(43(3,4)5,28-14-10-8-11-15-28)29-16-12-9-13-17-29)18-19-35(31)45-40-32(30)24-46-36(40)23-34-33(41(46)51)26-53-42(52)44(34,7-2)54-39(50)25-47-37(48)20-21-38(47)49/h8-23H,6-7,24-26H2,1-5H3/t44-/m0/s1. The maximum Gasteiger partial charge on any atom is 0.355 e. The zero-order valence-corrected chi connectivity index (χ0v) is 32.9. The van der Waals surface area contributed by atoms with Crippen molar-refractivity contribution in [3.63, 3.8) is 0 Å². The fourth-order valence-corrected chi connectivity index (χ4v) is 12.9. The zero-order chi connectivity index (χ0) is 39.6. The van der Waals surface area contributed by atoms with Crippen LogP contribution >= 0.6 is 0 Å². The number of pyridine rings is 2. The van der Waals surface area contributed by atoms with Crippen molar-refractivity contribution < 1.29 is 33.1 Å². The van der Waals surface area contributed by atoms with Gasteiger partial charge in [-0.15, -0.1) is 0 Å². The molecule has 3 aliphatic rings. The topological polar surface area (TPSA) is 134 Å². The third-order valence-electron chi connectivity index (χ3n) is 11.3. The summed E-state index contributed by atoms with van der Waals surface area (Å²) < 4.78 is 20.3. The number of rotatable bonds is 9. The van der Waals surface area contributed by atoms with Gasteiger partial charge in [0, 0.05) is 28.7 Å². The van der Waals surface area contributed by atoms with Crippen LogP contribution in [0.2, 0.25) is 5.04 Å². The van der Waals surface area contributed by atoms with E-state index in [1.165, 1.54) is 0 Å². The van der Waals surface area contributed by atoms with Gasteiger partial charge in [0.2, 0.25) is 5.60 Å². The monoisotopic (exact) mass is 767 g/mol. The number of fused-ring (bicyclic) bond motifs is 5. The fourth-order valence-electron chi connectivity index (χ4n) is 8.53. The minimum atomic E-state index is -2.93. The van der Waals surface area contributed by atoms with E-state index in [9.17, 15) is 24.0 Å². The Hall–Kier alpha value is -6.14. The molecule has 0 saturated heterocycles. The molecule has 5 heterocycles. The fraction of sp³-hybridized carbons (Fsp3) is 0.273. The number of nitrogens with zero attached hydrogens (tertiary/aromatic N) is 3. The van der Waals surface area contributed by atoms with Crippen LogP contribution in [-0.2, 0) is 53.8 Å². The summed E-state index contributed by atoms with van der Waals surface area (Å²) in [5.74, 6) is -2.43. The molecular weight excluding hydrogens is 727 g/mol. The number of hydrogen-bond donors (Lipinski definition) is 0. The second kappa shape index (κ2) is 13.6. The lowest BCUT2D eigenvalue weighted by molar-refractivity contribution is -0.190. The van der Waals surface area contributed by atoms with Crippen LogP contribution in [0.25, 0.3) is 22.3 Å². The maximum atomic E-state index is 14.3. The van der Waals surface area contributed by atoms with Gasteiger partial charge in [-0.1, -0.05) is 95.3 Å². The first kappa shape index (κ1) is 36.8. The Morgan fingerprint density at radius 1 is 0.875 bits per heavy atom. The lowest BCUT2D eigenvalue weighted by atomic mass is 9.85. The summed E-state index contributed by atoms with van der Waals surface area (Å²) in [6.07, 6.45) is 2.71. The molecule has 0 spiro atoms. The number of carbonyl (C=O) groups excluding carboxylic acids is 4. The molecule has 0 aliphatic carbocycles. The summed E-state index contributed by atoms with van der Waals surface area (Å²) >= 11 is 0. The molecule has 0 unspecified atom stereocenters. The number of benzene rings is 3. The van der Waals surface area contributed by atoms with Crippen LogP contribution in [0.5, 0.6) is 5.75 Å². The van der Waals surface area contributed by atoms with Crippen molar-refractivity contribution in [3.8, 4) is 17.1 Å². The van der Waals surface area contributed by atoms with E-state index in [2.05, 4.69) is 82.3 Å². The van der Waals surface area contributed by atoms with Crippen LogP contribution in [-0.4, -0.2) is 53.1 Å². The predicted octanol–water partition coefficient (Wildman–Crippen LogP) is 5.06. The van der Waals surface area contributed by atoms with Gasteiger partial charge in [-0.2, -0.15) is 0 Å². The third kappa shape index (κ3) is 5.61. The summed E-state index contributed by atoms with van der Waals surface area (Å²) in [6, 6.07) is 28.6. The summed E-state index contributed by atoms with van der Waals surface area (Å²) in [5, 5.41) is 2.99. The van der Waals surface area contributed by atoms with E-state index >= 15 is 0 Å². The van der Waals surface area contributed by atoms with Crippen molar-refractivity contribution >= 4 is 53.3 Å². The molecule has 284 valence electrons. The van der Waals surface area contributed by atoms with Gasteiger partial charge in [0.25, 0.3) is 17.4 Å². The summed E-state index contributed by atoms with van der Waals surface area (Å²) in [6.45, 7) is 9.68. The molecule has 5 aromatic rings. The number of esters is 2. The van der Waals surface area contributed by atoms with Gasteiger partial charge in [0.15, 0.2) is 0 Å². The Balaban J connectivity index is 1.22. The summed E-state index contributed by atoms with van der Waals surface area (Å²) in [7, 11) is -2.93. The molecule has 0 radical (unpaired) electrons. The first-order valence-corrected chi connectivity index (χ1v) is 20.7. The first-order valence-electron chi connectivity index (χ1n) is 18.8. The van der Waals surface area contributed by atoms with Gasteiger partial charge in [-0.05, 0) is 58.1 Å². The maximum absolute atomic E-state index is 14.3. The number of imide groups is 1. The van der Waals surface area contributed by atoms with Crippen LogP contribution < -0.4 is 20.4 Å². The summed E-state index contributed by atoms with van der Waals surface area (Å²) in [5.41, 5.74) is 1.76. The second-order valence-electron chi connectivity index (χ2n) is 15.4. The Morgan fingerprint density at radius 2 is 1.52 bits per heavy atom. The lowest BCUT2D eigenvalue weighted by Crippen LogP contribution is -2.68. The van der Waals surface area contributed by atoms with E-state index in [-0.39, 0.29) is 41.3 Å². The van der Waals surface area contributed by atoms with Crippen LogP contribution in [0.4, 0.5) is 0 Å². The van der Waals surface area contributed by atoms with Crippen LogP contribution in [0, 0.1) is 0 Å². The Labute approximate surface area is 324 Å². The van der Waals surface area contributed by atoms with E-state index in [1.54, 1.807) is 17.6 Å².